The Morgan fingerprint density at radius 2 is 1.95 bits per heavy atom. The fraction of sp³-hybridized carbons (Fsp3) is 0.385. The minimum Gasteiger partial charge on any atom is -0.396 e. The molecule has 0 spiro atoms. The van der Waals surface area contributed by atoms with E-state index in [1.165, 1.54) is 4.68 Å². The minimum atomic E-state index is -0.951. The Morgan fingerprint density at radius 3 is 2.57 bits per heavy atom. The molecule has 0 fully saturated rings. The first-order valence-electron chi connectivity index (χ1n) is 6.41. The Kier molecular flexibility index (Phi) is 4.89. The Hall–Kier alpha value is -2.41. The van der Waals surface area contributed by atoms with E-state index in [0.717, 1.165) is 5.56 Å². The SMILES string of the molecule is [N-]=[N+]=NCC(CO)(CO)Cn1cc(-c2ccccc2)nn1. The molecule has 2 N–H and O–H groups in total. The molecule has 0 bridgehead atoms. The van der Waals surface area contributed by atoms with Gasteiger partial charge in [-0.1, -0.05) is 40.7 Å². The molecular weight excluding hydrogens is 272 g/mol. The van der Waals surface area contributed by atoms with Gasteiger partial charge in [0.25, 0.3) is 0 Å². The van der Waals surface area contributed by atoms with E-state index in [2.05, 4.69) is 20.3 Å². The molecule has 1 aromatic heterocycles. The summed E-state index contributed by atoms with van der Waals surface area (Å²) in [4.78, 5) is 2.67. The smallest absolute Gasteiger partial charge is 0.113 e. The van der Waals surface area contributed by atoms with Gasteiger partial charge in [-0.3, -0.25) is 4.68 Å². The van der Waals surface area contributed by atoms with Gasteiger partial charge in [-0.25, -0.2) is 0 Å². The van der Waals surface area contributed by atoms with Gasteiger partial charge in [0.05, 0.1) is 26.0 Å². The van der Waals surface area contributed by atoms with E-state index in [0.29, 0.717) is 5.69 Å². The molecule has 0 unspecified atom stereocenters. The van der Waals surface area contributed by atoms with Crippen LogP contribution in [0.15, 0.2) is 41.6 Å². The van der Waals surface area contributed by atoms with Crippen molar-refractivity contribution in [3.63, 3.8) is 0 Å². The highest BCUT2D eigenvalue weighted by molar-refractivity contribution is 5.57. The van der Waals surface area contributed by atoms with Gasteiger partial charge in [0.15, 0.2) is 0 Å². The second kappa shape index (κ2) is 6.85. The lowest BCUT2D eigenvalue weighted by Gasteiger charge is -2.27. The van der Waals surface area contributed by atoms with Crippen LogP contribution in [0, 0.1) is 5.41 Å². The molecule has 1 heterocycles. The van der Waals surface area contributed by atoms with Crippen molar-refractivity contribution in [1.82, 2.24) is 15.0 Å². The van der Waals surface area contributed by atoms with Gasteiger partial charge in [0.2, 0.25) is 0 Å². The fourth-order valence-electron chi connectivity index (χ4n) is 1.94. The average molecular weight is 288 g/mol. The van der Waals surface area contributed by atoms with Gasteiger partial charge in [-0.15, -0.1) is 5.10 Å². The third-order valence-electron chi connectivity index (χ3n) is 3.25. The summed E-state index contributed by atoms with van der Waals surface area (Å²) >= 11 is 0. The van der Waals surface area contributed by atoms with E-state index in [9.17, 15) is 10.2 Å². The molecule has 2 rings (SSSR count). The highest BCUT2D eigenvalue weighted by Gasteiger charge is 2.29. The molecule has 21 heavy (non-hydrogen) atoms. The van der Waals surface area contributed by atoms with Crippen molar-refractivity contribution in [1.29, 1.82) is 0 Å². The molecule has 8 heteroatoms. The van der Waals surface area contributed by atoms with E-state index in [4.69, 9.17) is 5.53 Å². The van der Waals surface area contributed by atoms with Crippen LogP contribution >= 0.6 is 0 Å². The van der Waals surface area contributed by atoms with Gasteiger partial charge >= 0.3 is 0 Å². The Balaban J connectivity index is 2.19. The van der Waals surface area contributed by atoms with Gasteiger partial charge in [-0.2, -0.15) is 0 Å². The molecule has 1 aromatic carbocycles. The van der Waals surface area contributed by atoms with Crippen LogP contribution in [0.1, 0.15) is 0 Å². The van der Waals surface area contributed by atoms with Crippen LogP contribution in [0.5, 0.6) is 0 Å². The number of benzene rings is 1. The zero-order chi connectivity index (χ0) is 15.1. The summed E-state index contributed by atoms with van der Waals surface area (Å²) in [5.74, 6) is 0. The second-order valence-corrected chi connectivity index (χ2v) is 4.87. The van der Waals surface area contributed by atoms with Crippen LogP contribution < -0.4 is 0 Å². The Bertz CT molecular complexity index is 617. The summed E-state index contributed by atoms with van der Waals surface area (Å²) in [5, 5.41) is 30.5. The van der Waals surface area contributed by atoms with Crippen molar-refractivity contribution in [2.24, 2.45) is 10.5 Å². The van der Waals surface area contributed by atoms with E-state index in [-0.39, 0.29) is 26.3 Å². The quantitative estimate of drug-likeness (QED) is 0.452. The number of aliphatic hydroxyl groups is 2. The van der Waals surface area contributed by atoms with Crippen LogP contribution in [-0.4, -0.2) is 45.0 Å². The van der Waals surface area contributed by atoms with E-state index in [1.807, 2.05) is 30.3 Å². The molecule has 0 saturated carbocycles. The van der Waals surface area contributed by atoms with Crippen molar-refractivity contribution < 1.29 is 10.2 Å². The van der Waals surface area contributed by atoms with Crippen LogP contribution in [0.25, 0.3) is 21.7 Å². The van der Waals surface area contributed by atoms with Crippen LogP contribution in [0.3, 0.4) is 0 Å². The molecule has 0 radical (unpaired) electrons. The Labute approximate surface area is 121 Å². The van der Waals surface area contributed by atoms with Crippen LogP contribution in [-0.2, 0) is 6.54 Å². The number of hydrogen-bond acceptors (Lipinski definition) is 5. The number of aliphatic hydroxyl groups excluding tert-OH is 2. The van der Waals surface area contributed by atoms with Crippen LogP contribution in [0.4, 0.5) is 0 Å². The summed E-state index contributed by atoms with van der Waals surface area (Å²) < 4.78 is 1.53. The fourth-order valence-corrected chi connectivity index (χ4v) is 1.94. The van der Waals surface area contributed by atoms with Gasteiger partial charge in [-0.05, 0) is 5.53 Å². The molecule has 2 aromatic rings. The van der Waals surface area contributed by atoms with Crippen molar-refractivity contribution in [3.8, 4) is 11.3 Å². The van der Waals surface area contributed by atoms with Crippen molar-refractivity contribution in [2.75, 3.05) is 19.8 Å². The third-order valence-corrected chi connectivity index (χ3v) is 3.25. The second-order valence-electron chi connectivity index (χ2n) is 4.87. The third kappa shape index (κ3) is 3.57. The van der Waals surface area contributed by atoms with E-state index < -0.39 is 5.41 Å². The van der Waals surface area contributed by atoms with E-state index >= 15 is 0 Å². The summed E-state index contributed by atoms with van der Waals surface area (Å²) in [6.45, 7) is -0.442. The zero-order valence-corrected chi connectivity index (χ0v) is 11.4. The largest absolute Gasteiger partial charge is 0.396 e. The van der Waals surface area contributed by atoms with Gasteiger partial charge < -0.3 is 10.2 Å². The topological polar surface area (TPSA) is 120 Å². The maximum atomic E-state index is 9.48. The molecule has 0 amide bonds. The van der Waals surface area contributed by atoms with Gasteiger partial charge in [0, 0.05) is 22.4 Å². The predicted octanol–water partition coefficient (Wildman–Crippen LogP) is 1.23. The summed E-state index contributed by atoms with van der Waals surface area (Å²) in [6.07, 6.45) is 1.73. The first kappa shape index (κ1) is 15.0. The number of hydrogen-bond donors (Lipinski definition) is 2. The van der Waals surface area contributed by atoms with E-state index in [1.54, 1.807) is 6.20 Å². The van der Waals surface area contributed by atoms with Gasteiger partial charge in [0.1, 0.15) is 5.69 Å². The Morgan fingerprint density at radius 1 is 1.24 bits per heavy atom. The molecule has 0 aliphatic rings. The lowest BCUT2D eigenvalue weighted by atomic mass is 9.90. The molecule has 8 nitrogen and oxygen atoms in total. The molecule has 0 aliphatic carbocycles. The molecule has 0 atom stereocenters. The first-order chi connectivity index (χ1) is 10.2. The van der Waals surface area contributed by atoms with Crippen molar-refractivity contribution in [2.45, 2.75) is 6.54 Å². The van der Waals surface area contributed by atoms with Crippen molar-refractivity contribution >= 4 is 0 Å². The number of aromatic nitrogens is 3. The highest BCUT2D eigenvalue weighted by Crippen LogP contribution is 2.21. The number of nitrogens with zero attached hydrogens (tertiary/aromatic N) is 6. The minimum absolute atomic E-state index is 0.0168. The maximum absolute atomic E-state index is 9.48. The average Bonchev–Trinajstić information content (AvgIpc) is 3.01. The summed E-state index contributed by atoms with van der Waals surface area (Å²) in [6, 6.07) is 9.55. The lowest BCUT2D eigenvalue weighted by Crippen LogP contribution is -2.37. The first-order valence-corrected chi connectivity index (χ1v) is 6.41. The molecular formula is C13H16N6O2. The van der Waals surface area contributed by atoms with Crippen molar-refractivity contribution in [3.05, 3.63) is 47.0 Å². The highest BCUT2D eigenvalue weighted by atomic mass is 16.3. The number of rotatable bonds is 7. The predicted molar refractivity (Wildman–Crippen MR) is 76.1 cm³/mol. The summed E-state index contributed by atoms with van der Waals surface area (Å²) in [5.41, 5.74) is 9.08. The standard InChI is InChI=1S/C13H16N6O2/c14-17-15-7-13(9-20,10-21)8-19-6-12(16-18-19)11-4-2-1-3-5-11/h1-6,20-21H,7-10H2. The molecule has 0 saturated heterocycles. The normalized spacial score (nSPS) is 11.1. The monoisotopic (exact) mass is 288 g/mol. The molecule has 0 aliphatic heterocycles. The maximum Gasteiger partial charge on any atom is 0.113 e. The summed E-state index contributed by atoms with van der Waals surface area (Å²) in [7, 11) is 0. The number of azide groups is 1. The van der Waals surface area contributed by atoms with Crippen LogP contribution in [0.2, 0.25) is 0 Å². The molecule has 110 valence electrons. The lowest BCUT2D eigenvalue weighted by molar-refractivity contribution is 0.0436. The zero-order valence-electron chi connectivity index (χ0n) is 11.4.